The molecule has 0 saturated heterocycles. The van der Waals surface area contributed by atoms with Crippen LogP contribution in [0.5, 0.6) is 0 Å². The minimum atomic E-state index is -3.75. The lowest BCUT2D eigenvalue weighted by molar-refractivity contribution is 0.103. The van der Waals surface area contributed by atoms with Gasteiger partial charge in [-0.3, -0.25) is 4.79 Å². The number of furan rings is 1. The highest BCUT2D eigenvalue weighted by atomic mass is 32.2. The number of nitrogens with zero attached hydrogens (tertiary/aromatic N) is 1. The summed E-state index contributed by atoms with van der Waals surface area (Å²) in [4.78, 5) is 18.3. The van der Waals surface area contributed by atoms with Gasteiger partial charge in [0.1, 0.15) is 15.6 Å². The molecule has 0 aliphatic heterocycles. The molecule has 0 bridgehead atoms. The van der Waals surface area contributed by atoms with E-state index in [1.807, 2.05) is 17.5 Å². The second-order valence-corrected chi connectivity index (χ2v) is 9.64. The van der Waals surface area contributed by atoms with Crippen LogP contribution in [0.15, 0.2) is 75.7 Å². The number of rotatable bonds is 7. The van der Waals surface area contributed by atoms with Gasteiger partial charge in [0.25, 0.3) is 5.91 Å². The van der Waals surface area contributed by atoms with Crippen molar-refractivity contribution in [3.63, 3.8) is 0 Å². The van der Waals surface area contributed by atoms with Crippen molar-refractivity contribution in [2.75, 3.05) is 5.32 Å². The molecule has 0 saturated carbocycles. The lowest BCUT2D eigenvalue weighted by Crippen LogP contribution is -2.23. The van der Waals surface area contributed by atoms with Crippen molar-refractivity contribution in [3.05, 3.63) is 77.0 Å². The van der Waals surface area contributed by atoms with Crippen molar-refractivity contribution in [2.45, 2.75) is 11.4 Å². The molecule has 4 rings (SSSR count). The Hall–Kier alpha value is -2.79. The first-order valence-electron chi connectivity index (χ1n) is 8.44. The van der Waals surface area contributed by atoms with Crippen LogP contribution in [0.2, 0.25) is 0 Å². The highest BCUT2D eigenvalue weighted by Gasteiger charge is 2.17. The van der Waals surface area contributed by atoms with Crippen LogP contribution in [0, 0.1) is 0 Å². The van der Waals surface area contributed by atoms with E-state index in [0.29, 0.717) is 16.3 Å². The lowest BCUT2D eigenvalue weighted by atomic mass is 10.3. The number of hydrogen-bond donors (Lipinski definition) is 2. The van der Waals surface area contributed by atoms with Gasteiger partial charge in [-0.15, -0.1) is 22.7 Å². The average Bonchev–Trinajstić information content (AvgIpc) is 3.49. The summed E-state index contributed by atoms with van der Waals surface area (Å²) < 4.78 is 32.6. The van der Waals surface area contributed by atoms with Crippen LogP contribution in [-0.4, -0.2) is 19.3 Å². The van der Waals surface area contributed by atoms with E-state index in [2.05, 4.69) is 15.0 Å². The Balaban J connectivity index is 1.46. The van der Waals surface area contributed by atoms with E-state index in [-0.39, 0.29) is 17.3 Å². The zero-order chi connectivity index (χ0) is 20.3. The molecule has 10 heteroatoms. The molecule has 0 fully saturated rings. The number of anilines is 1. The van der Waals surface area contributed by atoms with Crippen molar-refractivity contribution < 1.29 is 17.6 Å². The van der Waals surface area contributed by atoms with Gasteiger partial charge >= 0.3 is 0 Å². The van der Waals surface area contributed by atoms with Gasteiger partial charge < -0.3 is 9.73 Å². The molecule has 0 atom stereocenters. The molecule has 3 heterocycles. The molecule has 3 aromatic heterocycles. The molecule has 1 aromatic carbocycles. The summed E-state index contributed by atoms with van der Waals surface area (Å²) in [6.07, 6.45) is 2.99. The van der Waals surface area contributed by atoms with Gasteiger partial charge in [0.2, 0.25) is 10.0 Å². The molecule has 1 amide bonds. The van der Waals surface area contributed by atoms with Crippen LogP contribution in [0.1, 0.15) is 15.4 Å². The molecule has 0 radical (unpaired) electrons. The number of carbonyl (C=O) groups excluding carboxylic acids is 1. The molecule has 4 aromatic rings. The quantitative estimate of drug-likeness (QED) is 0.444. The summed E-state index contributed by atoms with van der Waals surface area (Å²) in [5.74, 6) is 0.160. The molecule has 7 nitrogen and oxygen atoms in total. The summed E-state index contributed by atoms with van der Waals surface area (Å²) in [5, 5.41) is 5.44. The number of carbonyl (C=O) groups is 1. The normalized spacial score (nSPS) is 11.4. The van der Waals surface area contributed by atoms with E-state index < -0.39 is 10.0 Å². The zero-order valence-electron chi connectivity index (χ0n) is 14.9. The number of thiazole rings is 1. The number of amides is 1. The first kappa shape index (κ1) is 19.5. The number of aromatic nitrogens is 1. The van der Waals surface area contributed by atoms with Gasteiger partial charge in [0.15, 0.2) is 0 Å². The maximum absolute atomic E-state index is 12.5. The third-order valence-corrected chi connectivity index (χ3v) is 7.31. The highest BCUT2D eigenvalue weighted by Crippen LogP contribution is 2.29. The zero-order valence-corrected chi connectivity index (χ0v) is 17.3. The van der Waals surface area contributed by atoms with Gasteiger partial charge in [-0.1, -0.05) is 12.1 Å². The minimum absolute atomic E-state index is 0.0400. The van der Waals surface area contributed by atoms with Crippen LogP contribution in [0.4, 0.5) is 5.69 Å². The van der Waals surface area contributed by atoms with Crippen molar-refractivity contribution >= 4 is 44.3 Å². The second kappa shape index (κ2) is 8.29. The van der Waals surface area contributed by atoms with Crippen LogP contribution in [0.25, 0.3) is 9.88 Å². The van der Waals surface area contributed by atoms with E-state index >= 15 is 0 Å². The number of hydrogen-bond acceptors (Lipinski definition) is 7. The fourth-order valence-corrected chi connectivity index (χ4v) is 5.14. The van der Waals surface area contributed by atoms with Gasteiger partial charge in [-0.25, -0.2) is 18.1 Å². The Morgan fingerprint density at radius 2 is 2.03 bits per heavy atom. The number of benzene rings is 1. The highest BCUT2D eigenvalue weighted by molar-refractivity contribution is 7.89. The maximum atomic E-state index is 12.5. The number of sulfonamides is 1. The summed E-state index contributed by atoms with van der Waals surface area (Å²) in [6.45, 7) is 0.0400. The molecular formula is C19H15N3O4S3. The number of thiophene rings is 1. The molecule has 0 unspecified atom stereocenters. The van der Waals surface area contributed by atoms with Gasteiger partial charge in [0.05, 0.1) is 28.8 Å². The maximum Gasteiger partial charge on any atom is 0.267 e. The third kappa shape index (κ3) is 4.62. The number of nitrogens with one attached hydrogen (secondary N) is 2. The Bertz CT molecular complexity index is 1210. The van der Waals surface area contributed by atoms with Gasteiger partial charge in [-0.05, 0) is 41.8 Å². The van der Waals surface area contributed by atoms with E-state index in [9.17, 15) is 13.2 Å². The first-order chi connectivity index (χ1) is 14.0. The standard InChI is InChI=1S/C19H15N3O4S3/c23-18(17-12-20-19(28-17)16-7-3-9-27-16)22-13-4-1-6-15(10-13)29(24,25)21-11-14-5-2-8-26-14/h1-10,12,21H,11H2,(H,22,23). The van der Waals surface area contributed by atoms with Crippen LogP contribution >= 0.6 is 22.7 Å². The van der Waals surface area contributed by atoms with Crippen molar-refractivity contribution in [1.82, 2.24) is 9.71 Å². The Kier molecular flexibility index (Phi) is 5.58. The second-order valence-electron chi connectivity index (χ2n) is 5.89. The summed E-state index contributed by atoms with van der Waals surface area (Å²) in [6, 6.07) is 13.3. The van der Waals surface area contributed by atoms with E-state index in [4.69, 9.17) is 4.42 Å². The molecule has 29 heavy (non-hydrogen) atoms. The molecule has 148 valence electrons. The first-order valence-corrected chi connectivity index (χ1v) is 11.6. The molecule has 2 N–H and O–H groups in total. The molecule has 0 aliphatic rings. The van der Waals surface area contributed by atoms with Crippen molar-refractivity contribution in [1.29, 1.82) is 0 Å². The molecule has 0 aliphatic carbocycles. The molecule has 0 spiro atoms. The Morgan fingerprint density at radius 3 is 2.79 bits per heavy atom. The van der Waals surface area contributed by atoms with E-state index in [1.165, 1.54) is 35.9 Å². The van der Waals surface area contributed by atoms with Gasteiger partial charge in [-0.2, -0.15) is 0 Å². The third-order valence-electron chi connectivity index (χ3n) is 3.88. The summed E-state index contributed by atoms with van der Waals surface area (Å²) >= 11 is 2.83. The van der Waals surface area contributed by atoms with E-state index in [1.54, 1.807) is 35.6 Å². The largest absolute Gasteiger partial charge is 0.468 e. The predicted molar refractivity (Wildman–Crippen MR) is 113 cm³/mol. The average molecular weight is 446 g/mol. The van der Waals surface area contributed by atoms with Crippen LogP contribution in [0.3, 0.4) is 0 Å². The Labute approximate surface area is 175 Å². The van der Waals surface area contributed by atoms with Gasteiger partial charge in [0, 0.05) is 5.69 Å². The van der Waals surface area contributed by atoms with Crippen molar-refractivity contribution in [3.8, 4) is 9.88 Å². The summed E-state index contributed by atoms with van der Waals surface area (Å²) in [7, 11) is -3.75. The molecular weight excluding hydrogens is 430 g/mol. The fraction of sp³-hybridized carbons (Fsp3) is 0.0526. The smallest absolute Gasteiger partial charge is 0.267 e. The SMILES string of the molecule is O=C(Nc1cccc(S(=O)(=O)NCc2ccco2)c1)c1cnc(-c2cccs2)s1. The van der Waals surface area contributed by atoms with Crippen molar-refractivity contribution in [2.24, 2.45) is 0 Å². The predicted octanol–water partition coefficient (Wildman–Crippen LogP) is 4.20. The lowest BCUT2D eigenvalue weighted by Gasteiger charge is -2.08. The minimum Gasteiger partial charge on any atom is -0.468 e. The summed E-state index contributed by atoms with van der Waals surface area (Å²) in [5.41, 5.74) is 0.377. The fourth-order valence-electron chi connectivity index (χ4n) is 2.49. The van der Waals surface area contributed by atoms with Crippen LogP contribution in [-0.2, 0) is 16.6 Å². The topological polar surface area (TPSA) is 101 Å². The monoisotopic (exact) mass is 445 g/mol. The van der Waals surface area contributed by atoms with E-state index in [0.717, 1.165) is 9.88 Å². The Morgan fingerprint density at radius 1 is 1.14 bits per heavy atom. The van der Waals surface area contributed by atoms with Crippen LogP contribution < -0.4 is 10.0 Å².